The van der Waals surface area contributed by atoms with Gasteiger partial charge in [0.1, 0.15) is 6.10 Å². The number of hydrogen-bond donors (Lipinski definition) is 4. The lowest BCUT2D eigenvalue weighted by atomic mass is 9.29. The lowest BCUT2D eigenvalue weighted by molar-refractivity contribution is -0.253. The molecule has 0 aromatic heterocycles. The number of Topliss-reactive ketones (excluding diaryl/α,β-unsaturated/α-hetero) is 1. The number of aliphatic hydroxyl groups is 1. The number of fused-ring (bicyclic) bond motifs is 7. The summed E-state index contributed by atoms with van der Waals surface area (Å²) in [5.41, 5.74) is -1.42. The Morgan fingerprint density at radius 2 is 1.62 bits per heavy atom. The Balaban J connectivity index is 1.33. The van der Waals surface area contributed by atoms with Crippen LogP contribution in [-0.2, 0) is 23.9 Å². The van der Waals surface area contributed by atoms with E-state index in [2.05, 4.69) is 53.8 Å². The van der Waals surface area contributed by atoms with Gasteiger partial charge in [0, 0.05) is 42.0 Å². The van der Waals surface area contributed by atoms with Gasteiger partial charge < -0.3 is 30.6 Å². The molecule has 55 heavy (non-hydrogen) atoms. The highest BCUT2D eigenvalue weighted by atomic mass is 16.5. The lowest BCUT2D eigenvalue weighted by Gasteiger charge is -2.75. The Morgan fingerprint density at radius 3 is 2.20 bits per heavy atom. The maximum absolute atomic E-state index is 14.2. The minimum absolute atomic E-state index is 0.000838. The smallest absolute Gasteiger partial charge is 0.309 e. The largest absolute Gasteiger partial charge is 0.481 e. The molecule has 0 aromatic carbocycles. The number of esters is 1. The van der Waals surface area contributed by atoms with E-state index in [1.54, 1.807) is 27.1 Å². The summed E-state index contributed by atoms with van der Waals surface area (Å²) in [6.45, 7) is 20.1. The predicted molar refractivity (Wildman–Crippen MR) is 212 cm³/mol. The third kappa shape index (κ3) is 6.19. The molecule has 0 heterocycles. The molecule has 9 atom stereocenters. The first-order valence-electron chi connectivity index (χ1n) is 21.3. The number of likely N-dealkylation sites (N-methyl/N-ethyl adjacent to an activating group) is 1. The zero-order valence-electron chi connectivity index (χ0n) is 35.5. The van der Waals surface area contributed by atoms with E-state index < -0.39 is 45.8 Å². The fourth-order valence-electron chi connectivity index (χ4n) is 13.8. The van der Waals surface area contributed by atoms with E-state index in [-0.39, 0.29) is 65.2 Å². The van der Waals surface area contributed by atoms with E-state index in [4.69, 9.17) is 10.1 Å². The number of aliphatic carboxylic acids is 1. The Hall–Kier alpha value is -2.59. The van der Waals surface area contributed by atoms with E-state index in [0.717, 1.165) is 56.9 Å². The Kier molecular flexibility index (Phi) is 10.7. The maximum Gasteiger partial charge on any atom is 0.309 e. The van der Waals surface area contributed by atoms with E-state index in [9.17, 15) is 29.4 Å². The van der Waals surface area contributed by atoms with Crippen molar-refractivity contribution in [2.24, 2.45) is 61.6 Å². The molecule has 6 rings (SSSR count). The van der Waals surface area contributed by atoms with E-state index >= 15 is 0 Å². The van der Waals surface area contributed by atoms with Gasteiger partial charge in [0.2, 0.25) is 5.91 Å². The third-order valence-corrected chi connectivity index (χ3v) is 17.5. The molecule has 6 aliphatic carbocycles. The zero-order chi connectivity index (χ0) is 40.7. The van der Waals surface area contributed by atoms with Crippen LogP contribution < -0.4 is 5.32 Å². The van der Waals surface area contributed by atoms with Crippen molar-refractivity contribution in [2.45, 2.75) is 152 Å². The summed E-state index contributed by atoms with van der Waals surface area (Å²) < 4.78 is 6.19. The molecule has 4 N–H and O–H groups in total. The first kappa shape index (κ1) is 42.0. The summed E-state index contributed by atoms with van der Waals surface area (Å²) in [7, 11) is 1.78. The van der Waals surface area contributed by atoms with Crippen molar-refractivity contribution >= 4 is 29.8 Å². The molecule has 0 saturated heterocycles. The number of carboxylic acids is 1. The second kappa shape index (κ2) is 14.1. The van der Waals surface area contributed by atoms with Crippen molar-refractivity contribution < 1.29 is 34.1 Å². The Morgan fingerprint density at radius 1 is 0.964 bits per heavy atom. The Bertz CT molecular complexity index is 1630. The number of aliphatic hydroxyl groups excluding tert-OH is 1. The minimum Gasteiger partial charge on any atom is -0.481 e. The summed E-state index contributed by atoms with van der Waals surface area (Å²) >= 11 is 0. The van der Waals surface area contributed by atoms with E-state index in [0.29, 0.717) is 31.7 Å². The highest BCUT2D eigenvalue weighted by Crippen LogP contribution is 2.79. The number of allylic oxidation sites excluding steroid dienone is 1. The topological polar surface area (TPSA) is 157 Å². The van der Waals surface area contributed by atoms with Crippen LogP contribution in [-0.4, -0.2) is 83.8 Å². The molecule has 0 spiro atoms. The fourth-order valence-corrected chi connectivity index (χ4v) is 13.8. The highest BCUT2D eigenvalue weighted by molar-refractivity contribution is 6.01. The number of rotatable bonds is 13. The van der Waals surface area contributed by atoms with Crippen molar-refractivity contribution in [1.29, 1.82) is 5.41 Å². The average Bonchev–Trinajstić information content (AvgIpc) is 3.85. The van der Waals surface area contributed by atoms with Crippen LogP contribution in [0.15, 0.2) is 11.1 Å². The van der Waals surface area contributed by atoms with Gasteiger partial charge in [-0.1, -0.05) is 54.0 Å². The molecular formula is C45H71N3O7. The van der Waals surface area contributed by atoms with Gasteiger partial charge in [-0.15, -0.1) is 0 Å². The van der Waals surface area contributed by atoms with Gasteiger partial charge in [-0.25, -0.2) is 0 Å². The van der Waals surface area contributed by atoms with Crippen molar-refractivity contribution in [3.63, 3.8) is 0 Å². The van der Waals surface area contributed by atoms with E-state index in [1.165, 1.54) is 5.57 Å². The van der Waals surface area contributed by atoms with Crippen LogP contribution in [0.25, 0.3) is 0 Å². The second-order valence-corrected chi connectivity index (χ2v) is 21.2. The van der Waals surface area contributed by atoms with Gasteiger partial charge in [-0.2, -0.15) is 0 Å². The number of carbonyl (C=O) groups is 4. The van der Waals surface area contributed by atoms with Crippen molar-refractivity contribution in [3.8, 4) is 0 Å². The molecular weight excluding hydrogens is 695 g/mol. The first-order valence-corrected chi connectivity index (χ1v) is 21.3. The number of hydrogen-bond acceptors (Lipinski definition) is 8. The highest BCUT2D eigenvalue weighted by Gasteiger charge is 2.74. The molecule has 10 nitrogen and oxygen atoms in total. The van der Waals surface area contributed by atoms with Crippen LogP contribution in [0.1, 0.15) is 139 Å². The molecule has 9 unspecified atom stereocenters. The molecule has 5 fully saturated rings. The standard InChI is InChI=1S/C45H71N3O7/c1-27(2)36-30(49)21-44(32(50)25-48(24-28-11-12-28)34(51)23-47-10)19-17-41(7)29(37(36)44)13-14-31-42(41,8)18-20-45(26-46)40(5,6)33(15-16-43(31,45)9)55-35(52)22-39(3,4)38(53)54/h26-29,31-33,46-47,50H,11-25H2,1-10H3,(H,53,54). The summed E-state index contributed by atoms with van der Waals surface area (Å²) in [6, 6.07) is 0. The lowest BCUT2D eigenvalue weighted by Crippen LogP contribution is -2.71. The molecule has 0 bridgehead atoms. The molecule has 1 amide bonds. The average molecular weight is 766 g/mol. The Labute approximate surface area is 329 Å². The third-order valence-electron chi connectivity index (χ3n) is 17.5. The van der Waals surface area contributed by atoms with E-state index in [1.807, 2.05) is 4.90 Å². The molecule has 308 valence electrons. The van der Waals surface area contributed by atoms with Crippen LogP contribution in [0.3, 0.4) is 0 Å². The van der Waals surface area contributed by atoms with Gasteiger partial charge in [0.05, 0.1) is 24.5 Å². The summed E-state index contributed by atoms with van der Waals surface area (Å²) in [5.74, 6) is -0.442. The number of carboxylic acid groups (broad SMARTS) is 1. The summed E-state index contributed by atoms with van der Waals surface area (Å²) in [5, 5.41) is 34.3. The second-order valence-electron chi connectivity index (χ2n) is 21.2. The van der Waals surface area contributed by atoms with Crippen molar-refractivity contribution in [2.75, 3.05) is 26.7 Å². The zero-order valence-corrected chi connectivity index (χ0v) is 35.5. The number of carbonyl (C=O) groups excluding carboxylic acids is 3. The van der Waals surface area contributed by atoms with Crippen LogP contribution in [0.2, 0.25) is 0 Å². The number of nitrogens with one attached hydrogen (secondary N) is 2. The number of nitrogens with zero attached hydrogens (tertiary/aromatic N) is 1. The summed E-state index contributed by atoms with van der Waals surface area (Å²) in [4.78, 5) is 54.5. The van der Waals surface area contributed by atoms with Crippen LogP contribution in [0, 0.1) is 67.0 Å². The van der Waals surface area contributed by atoms with Crippen LogP contribution in [0.4, 0.5) is 0 Å². The quantitative estimate of drug-likeness (QED) is 0.113. The van der Waals surface area contributed by atoms with Gasteiger partial charge in [0.15, 0.2) is 5.78 Å². The monoisotopic (exact) mass is 766 g/mol. The van der Waals surface area contributed by atoms with Crippen LogP contribution in [0.5, 0.6) is 0 Å². The van der Waals surface area contributed by atoms with Gasteiger partial charge in [0.25, 0.3) is 0 Å². The van der Waals surface area contributed by atoms with Crippen molar-refractivity contribution in [3.05, 3.63) is 11.1 Å². The normalized spacial score (nSPS) is 38.7. The van der Waals surface area contributed by atoms with Gasteiger partial charge in [-0.3, -0.25) is 19.2 Å². The molecule has 0 aromatic rings. The molecule has 0 aliphatic heterocycles. The van der Waals surface area contributed by atoms with Gasteiger partial charge in [-0.05, 0) is 131 Å². The molecule has 0 radical (unpaired) electrons. The molecule has 6 aliphatic rings. The minimum atomic E-state index is -1.23. The predicted octanol–water partition coefficient (Wildman–Crippen LogP) is 7.22. The van der Waals surface area contributed by atoms with Crippen molar-refractivity contribution in [1.82, 2.24) is 10.2 Å². The SMILES string of the molecule is CNCC(=O)N(CC1CC1)CC(O)C12CCC3(C)C(CCC4C3(C)CCC3(C=N)C(C)(C)C(OC(=O)CC(C)(C)C(=O)O)CCC43C)C1=C(C(C)C)C(=O)C2. The fraction of sp³-hybridized carbons (Fsp3) is 0.844. The molecule has 5 saturated carbocycles. The number of ether oxygens (including phenoxy) is 1. The number of amides is 1. The first-order chi connectivity index (χ1) is 25.5. The number of ketones is 1. The maximum atomic E-state index is 14.2. The summed E-state index contributed by atoms with van der Waals surface area (Å²) in [6.07, 6.45) is 9.31. The van der Waals surface area contributed by atoms with Gasteiger partial charge >= 0.3 is 11.9 Å². The van der Waals surface area contributed by atoms with Crippen LogP contribution >= 0.6 is 0 Å². The molecule has 10 heteroatoms.